The summed E-state index contributed by atoms with van der Waals surface area (Å²) in [7, 11) is 0. The largest absolute Gasteiger partial charge is 0.503 e. The molecule has 1 amide bonds. The second-order valence-electron chi connectivity index (χ2n) is 7.65. The molecule has 3 aromatic carbocycles. The average molecular weight is 470 g/mol. The van der Waals surface area contributed by atoms with Crippen LogP contribution in [-0.4, -0.2) is 32.8 Å². The minimum atomic E-state index is -1.22. The maximum atomic E-state index is 13.2. The van der Waals surface area contributed by atoms with Crippen molar-refractivity contribution in [2.24, 2.45) is 0 Å². The van der Waals surface area contributed by atoms with Gasteiger partial charge in [0.1, 0.15) is 0 Å². The average Bonchev–Trinajstić information content (AvgIpc) is 3.13. The highest BCUT2D eigenvalue weighted by Gasteiger charge is 2.44. The van der Waals surface area contributed by atoms with Gasteiger partial charge >= 0.3 is 5.97 Å². The van der Waals surface area contributed by atoms with Crippen LogP contribution in [0, 0.1) is 10.1 Å². The Morgan fingerprint density at radius 2 is 1.66 bits per heavy atom. The van der Waals surface area contributed by atoms with E-state index in [1.54, 1.807) is 24.3 Å². The number of nitro benzene ring substituents is 1. The standard InChI is InChI=1S/C26H18N2O7/c29-21(14-9-16-5-2-1-3-6-16)22-23(17-10-12-19(13-11-17)28(34)35)27(25(31)24(22)30)20-8-4-7-18(15-20)26(32)33/h1-15,23,30H,(H,32,33)/b14-9+/t23-/m1/s1. The summed E-state index contributed by atoms with van der Waals surface area (Å²) in [5.74, 6) is -3.53. The van der Waals surface area contributed by atoms with Crippen LogP contribution in [0.2, 0.25) is 0 Å². The van der Waals surface area contributed by atoms with Gasteiger partial charge in [0, 0.05) is 17.8 Å². The highest BCUT2D eigenvalue weighted by molar-refractivity contribution is 6.20. The maximum absolute atomic E-state index is 13.2. The summed E-state index contributed by atoms with van der Waals surface area (Å²) >= 11 is 0. The number of hydrogen-bond acceptors (Lipinski definition) is 6. The Bertz CT molecular complexity index is 1390. The first-order chi connectivity index (χ1) is 16.8. The number of hydrogen-bond donors (Lipinski definition) is 2. The van der Waals surface area contributed by atoms with E-state index in [0.717, 1.165) is 10.5 Å². The highest BCUT2D eigenvalue weighted by atomic mass is 16.6. The fourth-order valence-electron chi connectivity index (χ4n) is 3.83. The van der Waals surface area contributed by atoms with Gasteiger partial charge in [-0.1, -0.05) is 42.5 Å². The number of non-ortho nitro benzene ring substituents is 1. The number of aromatic carboxylic acids is 1. The number of aliphatic hydroxyl groups is 1. The molecule has 1 aliphatic rings. The minimum Gasteiger partial charge on any atom is -0.503 e. The number of rotatable bonds is 7. The molecule has 0 radical (unpaired) electrons. The van der Waals surface area contributed by atoms with E-state index in [1.807, 2.05) is 6.07 Å². The third-order valence-corrected chi connectivity index (χ3v) is 5.49. The van der Waals surface area contributed by atoms with Crippen molar-refractivity contribution in [3.63, 3.8) is 0 Å². The third-order valence-electron chi connectivity index (χ3n) is 5.49. The monoisotopic (exact) mass is 470 g/mol. The lowest BCUT2D eigenvalue weighted by atomic mass is 9.95. The molecule has 1 atom stereocenters. The molecule has 9 heteroatoms. The lowest BCUT2D eigenvalue weighted by molar-refractivity contribution is -0.384. The smallest absolute Gasteiger partial charge is 0.335 e. The Balaban J connectivity index is 1.82. The zero-order chi connectivity index (χ0) is 25.1. The quantitative estimate of drug-likeness (QED) is 0.295. The fourth-order valence-corrected chi connectivity index (χ4v) is 3.83. The number of carboxylic acid groups (broad SMARTS) is 1. The molecule has 0 saturated carbocycles. The Morgan fingerprint density at radius 3 is 2.29 bits per heavy atom. The number of anilines is 1. The summed E-state index contributed by atoms with van der Waals surface area (Å²) in [6, 6.07) is 18.5. The van der Waals surface area contributed by atoms with E-state index in [9.17, 15) is 34.7 Å². The second-order valence-corrected chi connectivity index (χ2v) is 7.65. The van der Waals surface area contributed by atoms with E-state index >= 15 is 0 Å². The molecule has 0 aromatic heterocycles. The topological polar surface area (TPSA) is 138 Å². The van der Waals surface area contributed by atoms with Crippen molar-refractivity contribution in [1.29, 1.82) is 0 Å². The molecule has 1 aliphatic heterocycles. The Hall–Kier alpha value is -5.05. The van der Waals surface area contributed by atoms with Gasteiger partial charge in [-0.25, -0.2) is 4.79 Å². The van der Waals surface area contributed by atoms with Gasteiger partial charge in [0.05, 0.1) is 22.1 Å². The van der Waals surface area contributed by atoms with Crippen LogP contribution in [0.1, 0.15) is 27.5 Å². The third kappa shape index (κ3) is 4.55. The summed E-state index contributed by atoms with van der Waals surface area (Å²) in [6.07, 6.45) is 2.76. The summed E-state index contributed by atoms with van der Waals surface area (Å²) in [5.41, 5.74) is 0.674. The molecule has 0 bridgehead atoms. The van der Waals surface area contributed by atoms with Crippen LogP contribution < -0.4 is 4.90 Å². The lowest BCUT2D eigenvalue weighted by Crippen LogP contribution is -2.31. The molecule has 0 unspecified atom stereocenters. The van der Waals surface area contributed by atoms with E-state index in [-0.39, 0.29) is 22.5 Å². The van der Waals surface area contributed by atoms with Crippen LogP contribution in [-0.2, 0) is 9.59 Å². The highest BCUT2D eigenvalue weighted by Crippen LogP contribution is 2.41. The number of carbonyl (C=O) groups excluding carboxylic acids is 2. The van der Waals surface area contributed by atoms with Crippen molar-refractivity contribution in [2.75, 3.05) is 4.90 Å². The molecular formula is C26H18N2O7. The SMILES string of the molecule is O=C(/C=C/c1ccccc1)C1=C(O)C(=O)N(c2cccc(C(=O)O)c2)[C@@H]1c1ccc([N+](=O)[O-])cc1. The molecule has 35 heavy (non-hydrogen) atoms. The molecule has 0 spiro atoms. The second kappa shape index (κ2) is 9.44. The van der Waals surface area contributed by atoms with Crippen LogP contribution in [0.4, 0.5) is 11.4 Å². The lowest BCUT2D eigenvalue weighted by Gasteiger charge is -2.27. The first-order valence-corrected chi connectivity index (χ1v) is 10.4. The van der Waals surface area contributed by atoms with Gasteiger partial charge in [0.15, 0.2) is 11.5 Å². The molecule has 3 aromatic rings. The Morgan fingerprint density at radius 1 is 0.971 bits per heavy atom. The number of aliphatic hydroxyl groups excluding tert-OH is 1. The maximum Gasteiger partial charge on any atom is 0.335 e. The number of nitro groups is 1. The summed E-state index contributed by atoms with van der Waals surface area (Å²) in [6.45, 7) is 0. The van der Waals surface area contributed by atoms with Gasteiger partial charge < -0.3 is 10.2 Å². The van der Waals surface area contributed by atoms with Crippen molar-refractivity contribution in [3.8, 4) is 0 Å². The summed E-state index contributed by atoms with van der Waals surface area (Å²) < 4.78 is 0. The van der Waals surface area contributed by atoms with Crippen molar-refractivity contribution < 1.29 is 29.5 Å². The number of carboxylic acids is 1. The van der Waals surface area contributed by atoms with Crippen molar-refractivity contribution >= 4 is 35.1 Å². The number of allylic oxidation sites excluding steroid dienone is 1. The molecule has 174 valence electrons. The van der Waals surface area contributed by atoms with Crippen molar-refractivity contribution in [3.05, 3.63) is 123 Å². The van der Waals surface area contributed by atoms with E-state index in [1.165, 1.54) is 60.7 Å². The van der Waals surface area contributed by atoms with E-state index in [0.29, 0.717) is 5.56 Å². The molecule has 0 aliphatic carbocycles. The minimum absolute atomic E-state index is 0.0963. The molecule has 0 saturated heterocycles. The number of benzene rings is 3. The molecule has 1 heterocycles. The first kappa shape index (κ1) is 23.1. The Labute approximate surface area is 199 Å². The van der Waals surface area contributed by atoms with Gasteiger partial charge in [0.25, 0.3) is 11.6 Å². The normalized spacial score (nSPS) is 15.6. The zero-order valence-electron chi connectivity index (χ0n) is 18.1. The van der Waals surface area contributed by atoms with Crippen molar-refractivity contribution in [1.82, 2.24) is 0 Å². The predicted octanol–water partition coefficient (Wildman–Crippen LogP) is 4.48. The number of nitrogens with zero attached hydrogens (tertiary/aromatic N) is 2. The molecule has 2 N–H and O–H groups in total. The summed E-state index contributed by atoms with van der Waals surface area (Å²) in [5, 5.41) is 31.2. The van der Waals surface area contributed by atoms with Crippen LogP contribution in [0.25, 0.3) is 6.08 Å². The molecule has 0 fully saturated rings. The Kier molecular flexibility index (Phi) is 6.23. The van der Waals surface area contributed by atoms with E-state index in [2.05, 4.69) is 0 Å². The molecular weight excluding hydrogens is 452 g/mol. The van der Waals surface area contributed by atoms with E-state index in [4.69, 9.17) is 0 Å². The fraction of sp³-hybridized carbons (Fsp3) is 0.0385. The molecule has 4 rings (SSSR count). The van der Waals surface area contributed by atoms with Gasteiger partial charge in [-0.3, -0.25) is 24.6 Å². The van der Waals surface area contributed by atoms with Crippen LogP contribution in [0.15, 0.2) is 96.3 Å². The van der Waals surface area contributed by atoms with E-state index < -0.39 is 34.4 Å². The predicted molar refractivity (Wildman–Crippen MR) is 127 cm³/mol. The summed E-state index contributed by atoms with van der Waals surface area (Å²) in [4.78, 5) is 49.4. The van der Waals surface area contributed by atoms with Gasteiger partial charge in [-0.15, -0.1) is 0 Å². The first-order valence-electron chi connectivity index (χ1n) is 10.4. The van der Waals surface area contributed by atoms with Gasteiger partial charge in [0.2, 0.25) is 0 Å². The number of ketones is 1. The number of carbonyl (C=O) groups is 3. The van der Waals surface area contributed by atoms with Crippen LogP contribution in [0.5, 0.6) is 0 Å². The van der Waals surface area contributed by atoms with Crippen LogP contribution >= 0.6 is 0 Å². The zero-order valence-corrected chi connectivity index (χ0v) is 18.1. The van der Waals surface area contributed by atoms with Crippen molar-refractivity contribution in [2.45, 2.75) is 6.04 Å². The number of amides is 1. The van der Waals surface area contributed by atoms with Gasteiger partial charge in [-0.2, -0.15) is 0 Å². The van der Waals surface area contributed by atoms with Gasteiger partial charge in [-0.05, 0) is 47.5 Å². The molecule has 9 nitrogen and oxygen atoms in total. The van der Waals surface area contributed by atoms with Crippen LogP contribution in [0.3, 0.4) is 0 Å².